The third kappa shape index (κ3) is 4.76. The van der Waals surface area contributed by atoms with Crippen LogP contribution in [0.2, 0.25) is 0 Å². The smallest absolute Gasteiger partial charge is 0.319 e. The standard InChI is InChI=1S/C22H26FN5O2S/c1-13(2)19(20-14(3)17-10-15(23)4-5-18(17)30-20)27-22(29)26-16-11-24-21(25-12-16)28-6-8-31-9-7-28/h4-5,10-13,19H,6-9H2,1-3H3,(H2,26,27,29)/t19-/m0/s1. The molecule has 0 saturated carbocycles. The zero-order chi connectivity index (χ0) is 22.0. The summed E-state index contributed by atoms with van der Waals surface area (Å²) in [7, 11) is 0. The Bertz CT molecular complexity index is 1060. The number of furan rings is 1. The van der Waals surface area contributed by atoms with E-state index in [1.807, 2.05) is 32.5 Å². The second-order valence-electron chi connectivity index (χ2n) is 7.92. The molecule has 2 amide bonds. The van der Waals surface area contributed by atoms with Gasteiger partial charge >= 0.3 is 6.03 Å². The minimum absolute atomic E-state index is 0.0606. The van der Waals surface area contributed by atoms with Crippen LogP contribution in [0, 0.1) is 18.7 Å². The molecule has 1 fully saturated rings. The van der Waals surface area contributed by atoms with E-state index in [0.717, 1.165) is 30.2 Å². The van der Waals surface area contributed by atoms with E-state index in [1.54, 1.807) is 18.5 Å². The van der Waals surface area contributed by atoms with Gasteiger partial charge in [-0.1, -0.05) is 13.8 Å². The zero-order valence-electron chi connectivity index (χ0n) is 17.8. The highest BCUT2D eigenvalue weighted by Gasteiger charge is 2.25. The molecule has 0 aliphatic carbocycles. The Morgan fingerprint density at radius 3 is 2.61 bits per heavy atom. The Morgan fingerprint density at radius 1 is 1.23 bits per heavy atom. The number of hydrogen-bond acceptors (Lipinski definition) is 6. The second kappa shape index (κ2) is 9.13. The van der Waals surface area contributed by atoms with E-state index in [4.69, 9.17) is 4.42 Å². The van der Waals surface area contributed by atoms with Crippen LogP contribution in [0.5, 0.6) is 0 Å². The third-order valence-corrected chi connectivity index (χ3v) is 6.30. The number of rotatable bonds is 5. The first-order valence-electron chi connectivity index (χ1n) is 10.3. The number of hydrogen-bond donors (Lipinski definition) is 2. The van der Waals surface area contributed by atoms with Crippen molar-refractivity contribution in [3.8, 4) is 0 Å². The van der Waals surface area contributed by atoms with Crippen LogP contribution in [0.25, 0.3) is 11.0 Å². The highest BCUT2D eigenvalue weighted by Crippen LogP contribution is 2.33. The molecule has 2 aromatic heterocycles. The van der Waals surface area contributed by atoms with Gasteiger partial charge < -0.3 is 20.0 Å². The Morgan fingerprint density at radius 2 is 1.94 bits per heavy atom. The lowest BCUT2D eigenvalue weighted by molar-refractivity contribution is 0.241. The Kier molecular flexibility index (Phi) is 6.31. The number of halogens is 1. The summed E-state index contributed by atoms with van der Waals surface area (Å²) in [6, 6.07) is 3.68. The van der Waals surface area contributed by atoms with Gasteiger partial charge in [0.1, 0.15) is 17.2 Å². The van der Waals surface area contributed by atoms with Gasteiger partial charge in [0, 0.05) is 35.5 Å². The summed E-state index contributed by atoms with van der Waals surface area (Å²) in [6.45, 7) is 7.71. The van der Waals surface area contributed by atoms with Gasteiger partial charge in [-0.15, -0.1) is 0 Å². The molecule has 2 N–H and O–H groups in total. The van der Waals surface area contributed by atoms with Gasteiger partial charge in [-0.2, -0.15) is 11.8 Å². The van der Waals surface area contributed by atoms with Crippen molar-refractivity contribution < 1.29 is 13.6 Å². The molecule has 0 bridgehead atoms. The van der Waals surface area contributed by atoms with E-state index < -0.39 is 0 Å². The van der Waals surface area contributed by atoms with Crippen molar-refractivity contribution in [2.45, 2.75) is 26.8 Å². The maximum absolute atomic E-state index is 13.6. The number of aromatic nitrogens is 2. The van der Waals surface area contributed by atoms with Crippen molar-refractivity contribution in [1.82, 2.24) is 15.3 Å². The molecule has 31 heavy (non-hydrogen) atoms. The van der Waals surface area contributed by atoms with Crippen LogP contribution < -0.4 is 15.5 Å². The van der Waals surface area contributed by atoms with Crippen LogP contribution in [-0.4, -0.2) is 40.6 Å². The largest absolute Gasteiger partial charge is 0.459 e. The fourth-order valence-electron chi connectivity index (χ4n) is 3.66. The summed E-state index contributed by atoms with van der Waals surface area (Å²) >= 11 is 1.93. The fourth-order valence-corrected chi connectivity index (χ4v) is 4.57. The molecule has 4 rings (SSSR count). The van der Waals surface area contributed by atoms with Crippen LogP contribution >= 0.6 is 11.8 Å². The molecule has 7 nitrogen and oxygen atoms in total. The number of amides is 2. The molecular formula is C22H26FN5O2S. The van der Waals surface area contributed by atoms with E-state index >= 15 is 0 Å². The fraction of sp³-hybridized carbons (Fsp3) is 0.409. The van der Waals surface area contributed by atoms with Crippen molar-refractivity contribution in [2.24, 2.45) is 5.92 Å². The second-order valence-corrected chi connectivity index (χ2v) is 9.15. The van der Waals surface area contributed by atoms with E-state index in [-0.39, 0.29) is 23.8 Å². The van der Waals surface area contributed by atoms with E-state index in [0.29, 0.717) is 28.4 Å². The average Bonchev–Trinajstić information content (AvgIpc) is 3.08. The maximum Gasteiger partial charge on any atom is 0.319 e. The predicted octanol–water partition coefficient (Wildman–Crippen LogP) is 4.74. The number of nitrogens with zero attached hydrogens (tertiary/aromatic N) is 3. The van der Waals surface area contributed by atoms with Crippen LogP contribution in [0.3, 0.4) is 0 Å². The predicted molar refractivity (Wildman–Crippen MR) is 122 cm³/mol. The van der Waals surface area contributed by atoms with E-state index in [2.05, 4.69) is 25.5 Å². The number of aryl methyl sites for hydroxylation is 1. The molecule has 1 aliphatic rings. The summed E-state index contributed by atoms with van der Waals surface area (Å²) in [4.78, 5) is 23.6. The number of carbonyl (C=O) groups excluding carboxylic acids is 1. The summed E-state index contributed by atoms with van der Waals surface area (Å²) in [5.74, 6) is 3.18. The molecule has 1 aliphatic heterocycles. The Hall–Kier alpha value is -2.81. The van der Waals surface area contributed by atoms with Crippen molar-refractivity contribution in [3.05, 3.63) is 47.7 Å². The Labute approximate surface area is 184 Å². The van der Waals surface area contributed by atoms with Crippen LogP contribution in [-0.2, 0) is 0 Å². The highest BCUT2D eigenvalue weighted by atomic mass is 32.2. The number of carbonyl (C=O) groups is 1. The van der Waals surface area contributed by atoms with Crippen molar-refractivity contribution in [2.75, 3.05) is 34.8 Å². The van der Waals surface area contributed by atoms with E-state index in [9.17, 15) is 9.18 Å². The molecule has 9 heteroatoms. The van der Waals surface area contributed by atoms with Crippen LogP contribution in [0.4, 0.5) is 20.8 Å². The summed E-state index contributed by atoms with van der Waals surface area (Å²) < 4.78 is 19.6. The highest BCUT2D eigenvalue weighted by molar-refractivity contribution is 7.99. The van der Waals surface area contributed by atoms with Crippen molar-refractivity contribution >= 4 is 40.4 Å². The van der Waals surface area contributed by atoms with Crippen molar-refractivity contribution in [1.29, 1.82) is 0 Å². The average molecular weight is 444 g/mol. The number of urea groups is 1. The van der Waals surface area contributed by atoms with Gasteiger partial charge in [-0.3, -0.25) is 0 Å². The molecule has 3 aromatic rings. The molecular weight excluding hydrogens is 417 g/mol. The first kappa shape index (κ1) is 21.4. The van der Waals surface area contributed by atoms with Gasteiger partial charge in [0.05, 0.1) is 24.1 Å². The molecule has 3 heterocycles. The molecule has 1 atom stereocenters. The SMILES string of the molecule is Cc1c([C@@H](NC(=O)Nc2cnc(N3CCSCC3)nc2)C(C)C)oc2ccc(F)cc12. The molecule has 1 saturated heterocycles. The lowest BCUT2D eigenvalue weighted by Crippen LogP contribution is -2.35. The number of fused-ring (bicyclic) bond motifs is 1. The van der Waals surface area contributed by atoms with Crippen LogP contribution in [0.1, 0.15) is 31.2 Å². The van der Waals surface area contributed by atoms with Crippen molar-refractivity contribution in [3.63, 3.8) is 0 Å². The van der Waals surface area contributed by atoms with E-state index in [1.165, 1.54) is 12.1 Å². The number of thioether (sulfide) groups is 1. The lowest BCUT2D eigenvalue weighted by Gasteiger charge is -2.26. The molecule has 0 unspecified atom stereocenters. The molecule has 0 radical (unpaired) electrons. The maximum atomic E-state index is 13.6. The number of nitrogens with one attached hydrogen (secondary N) is 2. The summed E-state index contributed by atoms with van der Waals surface area (Å²) in [6.07, 6.45) is 3.23. The van der Waals surface area contributed by atoms with Gasteiger partial charge in [0.2, 0.25) is 5.95 Å². The number of benzene rings is 1. The monoisotopic (exact) mass is 443 g/mol. The van der Waals surface area contributed by atoms with Gasteiger partial charge in [-0.25, -0.2) is 19.2 Å². The van der Waals surface area contributed by atoms with Gasteiger partial charge in [0.25, 0.3) is 0 Å². The summed E-state index contributed by atoms with van der Waals surface area (Å²) in [5, 5.41) is 6.47. The quantitative estimate of drug-likeness (QED) is 0.593. The minimum atomic E-state index is -0.379. The van der Waals surface area contributed by atoms with Gasteiger partial charge in [0.15, 0.2) is 0 Å². The first-order chi connectivity index (χ1) is 14.9. The van der Waals surface area contributed by atoms with Gasteiger partial charge in [-0.05, 0) is 31.0 Å². The lowest BCUT2D eigenvalue weighted by atomic mass is 9.98. The third-order valence-electron chi connectivity index (χ3n) is 5.36. The summed E-state index contributed by atoms with van der Waals surface area (Å²) in [5.41, 5.74) is 1.93. The first-order valence-corrected chi connectivity index (χ1v) is 11.5. The Balaban J connectivity index is 1.46. The number of anilines is 2. The van der Waals surface area contributed by atoms with Crippen LogP contribution in [0.15, 0.2) is 35.0 Å². The molecule has 164 valence electrons. The minimum Gasteiger partial charge on any atom is -0.459 e. The molecule has 0 spiro atoms. The zero-order valence-corrected chi connectivity index (χ0v) is 18.6. The topological polar surface area (TPSA) is 83.3 Å². The normalized spacial score (nSPS) is 15.3. The molecule has 1 aromatic carbocycles.